The second-order valence-electron chi connectivity index (χ2n) is 7.90. The first kappa shape index (κ1) is 17.3. The molecule has 5 nitrogen and oxygen atoms in total. The molecule has 2 heterocycles. The van der Waals surface area contributed by atoms with E-state index in [1.54, 1.807) is 0 Å². The lowest BCUT2D eigenvalue weighted by atomic mass is 9.93. The molecule has 1 aliphatic heterocycles. The fraction of sp³-hybridized carbons (Fsp3) is 0.524. The number of likely N-dealkylation sites (N-methyl/N-ethyl adjacent to an activating group) is 1. The van der Waals surface area contributed by atoms with Crippen molar-refractivity contribution in [1.29, 1.82) is 0 Å². The first-order chi connectivity index (χ1) is 12.5. The van der Waals surface area contributed by atoms with E-state index in [0.29, 0.717) is 17.7 Å². The Morgan fingerprint density at radius 3 is 2.62 bits per heavy atom. The molecule has 0 N–H and O–H groups in total. The summed E-state index contributed by atoms with van der Waals surface area (Å²) in [5.41, 5.74) is 4.14. The number of nitrogens with zero attached hydrogens (tertiary/aromatic N) is 3. The number of hydrogen-bond acceptors (Lipinski definition) is 4. The van der Waals surface area contributed by atoms with E-state index in [1.807, 2.05) is 4.90 Å². The molecule has 1 saturated heterocycles. The normalized spacial score (nSPS) is 22.7. The molecule has 138 valence electrons. The minimum Gasteiger partial charge on any atom is -0.360 e. The lowest BCUT2D eigenvalue weighted by molar-refractivity contribution is 0.0771. The number of rotatable bonds is 3. The monoisotopic (exact) mass is 353 g/mol. The van der Waals surface area contributed by atoms with Gasteiger partial charge >= 0.3 is 0 Å². The minimum atomic E-state index is 0.0263. The second-order valence-corrected chi connectivity index (χ2v) is 7.90. The first-order valence-electron chi connectivity index (χ1n) is 9.54. The van der Waals surface area contributed by atoms with E-state index in [-0.39, 0.29) is 5.91 Å². The number of fused-ring (bicyclic) bond motifs is 1. The second kappa shape index (κ2) is 6.88. The number of aromatic nitrogens is 1. The van der Waals surface area contributed by atoms with Crippen molar-refractivity contribution < 1.29 is 9.32 Å². The van der Waals surface area contributed by atoms with Gasteiger partial charge in [-0.2, -0.15) is 0 Å². The predicted octanol–water partition coefficient (Wildman–Crippen LogP) is 3.03. The fourth-order valence-electron chi connectivity index (χ4n) is 4.32. The van der Waals surface area contributed by atoms with Gasteiger partial charge in [0.1, 0.15) is 5.76 Å². The van der Waals surface area contributed by atoms with Gasteiger partial charge in [0, 0.05) is 37.0 Å². The van der Waals surface area contributed by atoms with Crippen LogP contribution in [-0.4, -0.2) is 54.1 Å². The highest BCUT2D eigenvalue weighted by Gasteiger charge is 2.39. The molecule has 4 rings (SSSR count). The lowest BCUT2D eigenvalue weighted by Gasteiger charge is -2.25. The van der Waals surface area contributed by atoms with Crippen molar-refractivity contribution in [3.63, 3.8) is 0 Å². The summed E-state index contributed by atoms with van der Waals surface area (Å²) in [6, 6.07) is 9.01. The average Bonchev–Trinajstić information content (AvgIpc) is 3.26. The molecular formula is C21H27N3O2. The number of aryl methyl sites for hydroxylation is 2. The van der Waals surface area contributed by atoms with Gasteiger partial charge in [-0.05, 0) is 45.8 Å². The summed E-state index contributed by atoms with van der Waals surface area (Å²) in [5.74, 6) is 1.26. The van der Waals surface area contributed by atoms with Crippen molar-refractivity contribution >= 4 is 5.91 Å². The smallest absolute Gasteiger partial charge is 0.276 e. The zero-order valence-corrected chi connectivity index (χ0v) is 15.9. The minimum absolute atomic E-state index is 0.0263. The van der Waals surface area contributed by atoms with Crippen LogP contribution in [0.1, 0.15) is 51.7 Å². The van der Waals surface area contributed by atoms with Gasteiger partial charge in [0.05, 0.1) is 0 Å². The Kier molecular flexibility index (Phi) is 4.57. The van der Waals surface area contributed by atoms with Gasteiger partial charge in [0.25, 0.3) is 5.91 Å². The van der Waals surface area contributed by atoms with Crippen molar-refractivity contribution in [3.05, 3.63) is 52.4 Å². The fourth-order valence-corrected chi connectivity index (χ4v) is 4.32. The van der Waals surface area contributed by atoms with Crippen LogP contribution in [0.4, 0.5) is 0 Å². The van der Waals surface area contributed by atoms with Crippen molar-refractivity contribution in [3.8, 4) is 0 Å². The maximum Gasteiger partial charge on any atom is 0.276 e. The van der Waals surface area contributed by atoms with Crippen LogP contribution in [0.5, 0.6) is 0 Å². The van der Waals surface area contributed by atoms with Gasteiger partial charge < -0.3 is 14.3 Å². The predicted molar refractivity (Wildman–Crippen MR) is 100 cm³/mol. The topological polar surface area (TPSA) is 49.6 Å². The number of likely N-dealkylation sites (tertiary alicyclic amines) is 1. The van der Waals surface area contributed by atoms with Crippen LogP contribution >= 0.6 is 0 Å². The van der Waals surface area contributed by atoms with Crippen LogP contribution in [0, 0.1) is 6.92 Å². The largest absolute Gasteiger partial charge is 0.360 e. The molecule has 0 bridgehead atoms. The van der Waals surface area contributed by atoms with Crippen molar-refractivity contribution in [2.45, 2.75) is 44.6 Å². The molecule has 0 saturated carbocycles. The van der Waals surface area contributed by atoms with Crippen LogP contribution in [0.25, 0.3) is 0 Å². The van der Waals surface area contributed by atoms with Crippen LogP contribution in [0.3, 0.4) is 0 Å². The molecular weight excluding hydrogens is 326 g/mol. The van der Waals surface area contributed by atoms with Gasteiger partial charge in [-0.25, -0.2) is 0 Å². The number of hydrogen-bond donors (Lipinski definition) is 0. The highest BCUT2D eigenvalue weighted by molar-refractivity contribution is 5.94. The Bertz CT molecular complexity index is 794. The summed E-state index contributed by atoms with van der Waals surface area (Å²) in [6.45, 7) is 3.56. The molecule has 26 heavy (non-hydrogen) atoms. The number of benzene rings is 1. The maximum absolute atomic E-state index is 13.2. The Balaban J connectivity index is 1.59. The average molecular weight is 353 g/mol. The van der Waals surface area contributed by atoms with Crippen LogP contribution < -0.4 is 0 Å². The standard InChI is InChI=1S/C21H27N3O2/c1-14-8-10-15(11-9-14)17-12-24(13-18(17)23(2)3)21(25)20-16-6-4-5-7-19(16)26-22-20/h8-11,17-18H,4-7,12-13H2,1-3H3. The van der Waals surface area contributed by atoms with Crippen LogP contribution in [0.2, 0.25) is 0 Å². The van der Waals surface area contributed by atoms with Gasteiger partial charge in [-0.15, -0.1) is 0 Å². The number of carbonyl (C=O) groups is 1. The molecule has 2 atom stereocenters. The Labute approximate surface area is 155 Å². The third-order valence-corrected chi connectivity index (χ3v) is 5.90. The summed E-state index contributed by atoms with van der Waals surface area (Å²) >= 11 is 0. The van der Waals surface area contributed by atoms with Crippen LogP contribution in [-0.2, 0) is 12.8 Å². The van der Waals surface area contributed by atoms with Crippen molar-refractivity contribution in [2.75, 3.05) is 27.2 Å². The van der Waals surface area contributed by atoms with Gasteiger partial charge in [0.15, 0.2) is 5.69 Å². The number of amides is 1. The zero-order valence-electron chi connectivity index (χ0n) is 15.9. The summed E-state index contributed by atoms with van der Waals surface area (Å²) in [6.07, 6.45) is 4.05. The van der Waals surface area contributed by atoms with E-state index in [4.69, 9.17) is 4.52 Å². The molecule has 0 radical (unpaired) electrons. The van der Waals surface area contributed by atoms with E-state index in [9.17, 15) is 4.79 Å². The molecule has 0 spiro atoms. The van der Waals surface area contributed by atoms with E-state index >= 15 is 0 Å². The third kappa shape index (κ3) is 3.05. The van der Waals surface area contributed by atoms with Crippen LogP contribution in [0.15, 0.2) is 28.8 Å². The SMILES string of the molecule is Cc1ccc(C2CN(C(=O)c3noc4c3CCCC4)CC2N(C)C)cc1. The highest BCUT2D eigenvalue weighted by atomic mass is 16.5. The molecule has 1 aromatic heterocycles. The van der Waals surface area contributed by atoms with Crippen molar-refractivity contribution in [1.82, 2.24) is 15.0 Å². The lowest BCUT2D eigenvalue weighted by Crippen LogP contribution is -2.36. The highest BCUT2D eigenvalue weighted by Crippen LogP contribution is 2.32. The Morgan fingerprint density at radius 1 is 1.15 bits per heavy atom. The van der Waals surface area contributed by atoms with E-state index in [1.165, 1.54) is 11.1 Å². The van der Waals surface area contributed by atoms with Gasteiger partial charge in [-0.1, -0.05) is 35.0 Å². The van der Waals surface area contributed by atoms with Gasteiger partial charge in [0.2, 0.25) is 0 Å². The Hall–Kier alpha value is -2.14. The summed E-state index contributed by atoms with van der Waals surface area (Å²) in [7, 11) is 4.19. The third-order valence-electron chi connectivity index (χ3n) is 5.90. The molecule has 1 fully saturated rings. The van der Waals surface area contributed by atoms with E-state index in [0.717, 1.165) is 50.1 Å². The summed E-state index contributed by atoms with van der Waals surface area (Å²) in [4.78, 5) is 17.4. The van der Waals surface area contributed by atoms with Crippen molar-refractivity contribution in [2.24, 2.45) is 0 Å². The van der Waals surface area contributed by atoms with E-state index in [2.05, 4.69) is 55.3 Å². The molecule has 2 aromatic rings. The summed E-state index contributed by atoms with van der Waals surface area (Å²) < 4.78 is 5.46. The first-order valence-corrected chi connectivity index (χ1v) is 9.54. The molecule has 1 amide bonds. The molecule has 1 aliphatic carbocycles. The Morgan fingerprint density at radius 2 is 1.88 bits per heavy atom. The molecule has 2 aliphatic rings. The molecule has 2 unspecified atom stereocenters. The summed E-state index contributed by atoms with van der Waals surface area (Å²) in [5, 5.41) is 4.14. The quantitative estimate of drug-likeness (QED) is 0.851. The maximum atomic E-state index is 13.2. The molecule has 1 aromatic carbocycles. The van der Waals surface area contributed by atoms with E-state index < -0.39 is 0 Å². The van der Waals surface area contributed by atoms with Gasteiger partial charge in [-0.3, -0.25) is 4.79 Å². The number of carbonyl (C=O) groups excluding carboxylic acids is 1. The zero-order chi connectivity index (χ0) is 18.3. The molecule has 5 heteroatoms.